The molecule has 2 fully saturated rings. The zero-order valence-corrected chi connectivity index (χ0v) is 21.5. The normalized spacial score (nSPS) is 26.5. The Morgan fingerprint density at radius 1 is 1.03 bits per heavy atom. The van der Waals surface area contributed by atoms with Crippen LogP contribution in [0.5, 0.6) is 0 Å². The second-order valence-corrected chi connectivity index (χ2v) is 11.9. The van der Waals surface area contributed by atoms with E-state index in [0.29, 0.717) is 6.42 Å². The minimum absolute atomic E-state index is 0.0235. The molecular formula is C26H40FNO6S. The molecule has 198 valence electrons. The van der Waals surface area contributed by atoms with Gasteiger partial charge in [-0.15, -0.1) is 0 Å². The zero-order valence-electron chi connectivity index (χ0n) is 20.7. The van der Waals surface area contributed by atoms with Gasteiger partial charge in [-0.3, -0.25) is 4.90 Å². The van der Waals surface area contributed by atoms with E-state index in [9.17, 15) is 18.3 Å². The summed E-state index contributed by atoms with van der Waals surface area (Å²) < 4.78 is 52.8. The van der Waals surface area contributed by atoms with Crippen molar-refractivity contribution < 1.29 is 32.2 Å². The number of aliphatic hydroxyl groups is 1. The van der Waals surface area contributed by atoms with Crippen LogP contribution in [0, 0.1) is 0 Å². The number of aliphatic hydroxyl groups excluding tert-OH is 1. The van der Waals surface area contributed by atoms with Crippen LogP contribution in [0.4, 0.5) is 9.18 Å². The average molecular weight is 514 g/mol. The number of unbranched alkanes of at least 4 members (excludes halogenated alkanes) is 9. The summed E-state index contributed by atoms with van der Waals surface area (Å²) in [5.41, 5.74) is 0.776. The van der Waals surface area contributed by atoms with Gasteiger partial charge in [0.05, 0.1) is 18.4 Å². The van der Waals surface area contributed by atoms with E-state index in [4.69, 9.17) is 9.47 Å². The van der Waals surface area contributed by atoms with Crippen molar-refractivity contribution >= 4 is 15.9 Å². The highest BCUT2D eigenvalue weighted by molar-refractivity contribution is 7.92. The SMILES string of the molecule is CCCCCCCCCCCCS(=O)(=O)[C@@H]1C(F)[C@@H](OCc2ccccc2)[C@H](O)C2COC(=O)N21. The molecule has 1 aromatic carbocycles. The Kier molecular flexibility index (Phi) is 10.8. The number of benzene rings is 1. The van der Waals surface area contributed by atoms with Gasteiger partial charge in [0.2, 0.25) is 0 Å². The number of fused-ring (bicyclic) bond motifs is 1. The van der Waals surface area contributed by atoms with Crippen molar-refractivity contribution in [3.63, 3.8) is 0 Å². The van der Waals surface area contributed by atoms with Gasteiger partial charge in [0, 0.05) is 0 Å². The molecule has 1 N–H and O–H groups in total. The van der Waals surface area contributed by atoms with Gasteiger partial charge >= 0.3 is 6.09 Å². The maximum atomic E-state index is 15.7. The number of piperidine rings is 1. The topological polar surface area (TPSA) is 93.1 Å². The molecule has 35 heavy (non-hydrogen) atoms. The van der Waals surface area contributed by atoms with Crippen molar-refractivity contribution in [3.8, 4) is 0 Å². The smallest absolute Gasteiger partial charge is 0.411 e. The molecule has 0 saturated carbocycles. The molecule has 1 aromatic rings. The average Bonchev–Trinajstić information content (AvgIpc) is 3.22. The lowest BCUT2D eigenvalue weighted by molar-refractivity contribution is -0.137. The molecule has 2 aliphatic rings. The van der Waals surface area contributed by atoms with Crippen LogP contribution < -0.4 is 0 Å². The van der Waals surface area contributed by atoms with E-state index in [1.807, 2.05) is 18.2 Å². The first kappa shape index (κ1) is 27.9. The molecule has 7 nitrogen and oxygen atoms in total. The molecule has 3 rings (SSSR count). The van der Waals surface area contributed by atoms with Crippen LogP contribution in [-0.2, 0) is 25.9 Å². The summed E-state index contributed by atoms with van der Waals surface area (Å²) in [5, 5.41) is 9.00. The fraction of sp³-hybridized carbons (Fsp3) is 0.731. The minimum Gasteiger partial charge on any atom is -0.447 e. The molecule has 0 bridgehead atoms. The lowest BCUT2D eigenvalue weighted by Crippen LogP contribution is -2.67. The molecule has 2 heterocycles. The quantitative estimate of drug-likeness (QED) is 0.340. The van der Waals surface area contributed by atoms with Crippen LogP contribution in [0.3, 0.4) is 0 Å². The second-order valence-electron chi connectivity index (χ2n) is 9.69. The Morgan fingerprint density at radius 3 is 2.26 bits per heavy atom. The van der Waals surface area contributed by atoms with Gasteiger partial charge in [-0.25, -0.2) is 17.6 Å². The molecule has 0 aromatic heterocycles. The first-order chi connectivity index (χ1) is 16.9. The standard InChI is InChI=1S/C26H40FNO6S/c1-2-3-4-5-6-7-8-9-10-14-17-35(31,32)25-22(27)24(33-18-20-15-12-11-13-16-20)23(29)21-19-34-26(30)28(21)25/h11-13,15-16,21-25,29H,2-10,14,17-19H2,1H3/t21?,22?,23-,24-,25-/m1/s1. The number of carbonyl (C=O) groups excluding carboxylic acids is 1. The van der Waals surface area contributed by atoms with E-state index in [-0.39, 0.29) is 19.0 Å². The summed E-state index contributed by atoms with van der Waals surface area (Å²) in [6.07, 6.45) is 4.75. The molecule has 0 radical (unpaired) electrons. The van der Waals surface area contributed by atoms with E-state index < -0.39 is 45.7 Å². The highest BCUT2D eigenvalue weighted by atomic mass is 32.2. The largest absolute Gasteiger partial charge is 0.447 e. The Morgan fingerprint density at radius 2 is 1.63 bits per heavy atom. The Hall–Kier alpha value is -1.71. The number of sulfone groups is 1. The molecule has 2 unspecified atom stereocenters. The Bertz CT molecular complexity index is 883. The lowest BCUT2D eigenvalue weighted by atomic mass is 9.95. The van der Waals surface area contributed by atoms with Crippen molar-refractivity contribution in [1.29, 1.82) is 0 Å². The monoisotopic (exact) mass is 513 g/mol. The number of alkyl halides is 1. The van der Waals surface area contributed by atoms with E-state index >= 15 is 4.39 Å². The zero-order chi connectivity index (χ0) is 25.3. The number of hydrogen-bond acceptors (Lipinski definition) is 6. The maximum Gasteiger partial charge on any atom is 0.411 e. The molecule has 0 aliphatic carbocycles. The highest BCUT2D eigenvalue weighted by Gasteiger charge is 2.59. The van der Waals surface area contributed by atoms with Gasteiger partial charge in [0.15, 0.2) is 21.4 Å². The van der Waals surface area contributed by atoms with Crippen LogP contribution in [-0.4, -0.2) is 66.7 Å². The number of nitrogens with zero attached hydrogens (tertiary/aromatic N) is 1. The van der Waals surface area contributed by atoms with Crippen molar-refractivity contribution in [2.75, 3.05) is 12.4 Å². The van der Waals surface area contributed by atoms with Gasteiger partial charge in [-0.2, -0.15) is 0 Å². The molecule has 0 spiro atoms. The third-order valence-corrected chi connectivity index (χ3v) is 9.05. The summed E-state index contributed by atoms with van der Waals surface area (Å²) in [6, 6.07) is 8.11. The van der Waals surface area contributed by atoms with Crippen LogP contribution in [0.1, 0.15) is 76.7 Å². The van der Waals surface area contributed by atoms with Crippen molar-refractivity contribution in [2.45, 2.75) is 108 Å². The first-order valence-electron chi connectivity index (χ1n) is 13.0. The predicted octanol–water partition coefficient (Wildman–Crippen LogP) is 4.77. The highest BCUT2D eigenvalue weighted by Crippen LogP contribution is 2.36. The van der Waals surface area contributed by atoms with Gasteiger partial charge < -0.3 is 14.6 Å². The number of amides is 1. The van der Waals surface area contributed by atoms with E-state index in [1.165, 1.54) is 32.1 Å². The first-order valence-corrected chi connectivity index (χ1v) is 14.7. The van der Waals surface area contributed by atoms with Crippen LogP contribution >= 0.6 is 0 Å². The Balaban J connectivity index is 1.56. The van der Waals surface area contributed by atoms with Crippen LogP contribution in [0.15, 0.2) is 30.3 Å². The molecule has 2 aliphatic heterocycles. The van der Waals surface area contributed by atoms with Crippen LogP contribution in [0.2, 0.25) is 0 Å². The number of carbonyl (C=O) groups is 1. The van der Waals surface area contributed by atoms with E-state index in [0.717, 1.165) is 36.1 Å². The summed E-state index contributed by atoms with van der Waals surface area (Å²) >= 11 is 0. The molecular weight excluding hydrogens is 473 g/mol. The summed E-state index contributed by atoms with van der Waals surface area (Å²) in [4.78, 5) is 13.2. The predicted molar refractivity (Wildman–Crippen MR) is 132 cm³/mol. The maximum absolute atomic E-state index is 15.7. The summed E-state index contributed by atoms with van der Waals surface area (Å²) in [6.45, 7) is 2.03. The third kappa shape index (κ3) is 7.40. The second kappa shape index (κ2) is 13.6. The minimum atomic E-state index is -4.01. The number of cyclic esters (lactones) is 1. The third-order valence-electron chi connectivity index (χ3n) is 6.97. The Labute approximate surface area is 208 Å². The number of hydrogen-bond donors (Lipinski definition) is 1. The fourth-order valence-electron chi connectivity index (χ4n) is 4.97. The van der Waals surface area contributed by atoms with Gasteiger partial charge in [-0.05, 0) is 12.0 Å². The summed E-state index contributed by atoms with van der Waals surface area (Å²) in [5.74, 6) is -0.216. The van der Waals surface area contributed by atoms with E-state index in [1.54, 1.807) is 12.1 Å². The van der Waals surface area contributed by atoms with Gasteiger partial charge in [0.1, 0.15) is 18.8 Å². The van der Waals surface area contributed by atoms with Crippen LogP contribution in [0.25, 0.3) is 0 Å². The van der Waals surface area contributed by atoms with Crippen molar-refractivity contribution in [3.05, 3.63) is 35.9 Å². The van der Waals surface area contributed by atoms with Crippen molar-refractivity contribution in [1.82, 2.24) is 4.90 Å². The van der Waals surface area contributed by atoms with E-state index in [2.05, 4.69) is 6.92 Å². The molecule has 5 atom stereocenters. The lowest BCUT2D eigenvalue weighted by Gasteiger charge is -2.44. The number of ether oxygens (including phenoxy) is 2. The molecule has 9 heteroatoms. The molecule has 2 saturated heterocycles. The van der Waals surface area contributed by atoms with Gasteiger partial charge in [0.25, 0.3) is 0 Å². The van der Waals surface area contributed by atoms with Crippen molar-refractivity contribution in [2.24, 2.45) is 0 Å². The fourth-order valence-corrected chi connectivity index (χ4v) is 6.95. The number of halogens is 1. The molecule has 1 amide bonds. The number of rotatable bonds is 15. The summed E-state index contributed by atoms with van der Waals surface area (Å²) in [7, 11) is -4.01. The van der Waals surface area contributed by atoms with Gasteiger partial charge in [-0.1, -0.05) is 95.0 Å².